The summed E-state index contributed by atoms with van der Waals surface area (Å²) in [7, 11) is 1.66. The minimum Gasteiger partial charge on any atom is -0.367 e. The van der Waals surface area contributed by atoms with Gasteiger partial charge in [-0.25, -0.2) is 0 Å². The van der Waals surface area contributed by atoms with Crippen molar-refractivity contribution in [1.82, 2.24) is 15.6 Å². The number of ether oxygens (including phenoxy) is 1. The van der Waals surface area contributed by atoms with Gasteiger partial charge in [0.2, 0.25) is 0 Å². The molecule has 2 N–H and O–H groups in total. The molecule has 0 fully saturated rings. The summed E-state index contributed by atoms with van der Waals surface area (Å²) in [5, 5.41) is 6.30. The van der Waals surface area contributed by atoms with Crippen LogP contribution in [-0.2, 0) is 24.4 Å². The molecule has 140 valence electrons. The fourth-order valence-corrected chi connectivity index (χ4v) is 2.20. The number of benzene rings is 1. The number of halogens is 3. The van der Waals surface area contributed by atoms with Gasteiger partial charge in [-0.3, -0.25) is 9.98 Å². The van der Waals surface area contributed by atoms with Gasteiger partial charge in [0.15, 0.2) is 5.96 Å². The number of hydrogen-bond acceptors (Lipinski definition) is 3. The number of nitrogens with zero attached hydrogens (tertiary/aromatic N) is 2. The van der Waals surface area contributed by atoms with Crippen LogP contribution in [0.2, 0.25) is 0 Å². The van der Waals surface area contributed by atoms with E-state index >= 15 is 0 Å². The van der Waals surface area contributed by atoms with E-state index in [0.29, 0.717) is 24.6 Å². The minimum absolute atomic E-state index is 0.0833. The van der Waals surface area contributed by atoms with Gasteiger partial charge < -0.3 is 15.4 Å². The molecule has 0 atom stereocenters. The predicted molar refractivity (Wildman–Crippen MR) is 93.4 cm³/mol. The van der Waals surface area contributed by atoms with Gasteiger partial charge in [0.1, 0.15) is 6.61 Å². The van der Waals surface area contributed by atoms with Crippen molar-refractivity contribution in [2.75, 3.05) is 13.7 Å². The molecule has 26 heavy (non-hydrogen) atoms. The number of pyridine rings is 1. The first-order valence-electron chi connectivity index (χ1n) is 8.03. The molecule has 0 aliphatic rings. The van der Waals surface area contributed by atoms with Crippen molar-refractivity contribution in [3.63, 3.8) is 0 Å². The van der Waals surface area contributed by atoms with Gasteiger partial charge in [-0.15, -0.1) is 0 Å². The summed E-state index contributed by atoms with van der Waals surface area (Å²) in [5.74, 6) is 0.606. The SMILES string of the molecule is CN=C(NCc1cccc(COCC(F)(F)F)c1)NCc1ccccn1. The van der Waals surface area contributed by atoms with E-state index in [1.807, 2.05) is 24.3 Å². The highest BCUT2D eigenvalue weighted by Crippen LogP contribution is 2.16. The lowest BCUT2D eigenvalue weighted by Gasteiger charge is -2.12. The molecular formula is C18H21F3N4O. The van der Waals surface area contributed by atoms with E-state index < -0.39 is 12.8 Å². The third-order valence-electron chi connectivity index (χ3n) is 3.37. The Labute approximate surface area is 150 Å². The highest BCUT2D eigenvalue weighted by Gasteiger charge is 2.27. The molecule has 1 heterocycles. The Kier molecular flexibility index (Phi) is 7.40. The van der Waals surface area contributed by atoms with Crippen LogP contribution in [0.25, 0.3) is 0 Å². The van der Waals surface area contributed by atoms with Gasteiger partial charge in [-0.1, -0.05) is 30.3 Å². The van der Waals surface area contributed by atoms with Crippen molar-refractivity contribution < 1.29 is 17.9 Å². The molecule has 0 spiro atoms. The second-order valence-electron chi connectivity index (χ2n) is 5.53. The molecule has 0 saturated carbocycles. The summed E-state index contributed by atoms with van der Waals surface area (Å²) < 4.78 is 41.1. The lowest BCUT2D eigenvalue weighted by molar-refractivity contribution is -0.176. The zero-order chi connectivity index (χ0) is 18.8. The van der Waals surface area contributed by atoms with Gasteiger partial charge >= 0.3 is 6.18 Å². The van der Waals surface area contributed by atoms with Crippen molar-refractivity contribution in [3.8, 4) is 0 Å². The first-order chi connectivity index (χ1) is 12.5. The van der Waals surface area contributed by atoms with Crippen molar-refractivity contribution in [2.45, 2.75) is 25.9 Å². The maximum atomic E-state index is 12.1. The Bertz CT molecular complexity index is 705. The molecule has 0 bridgehead atoms. The smallest absolute Gasteiger partial charge is 0.367 e. The third-order valence-corrected chi connectivity index (χ3v) is 3.37. The molecule has 8 heteroatoms. The van der Waals surface area contributed by atoms with Gasteiger partial charge in [-0.05, 0) is 23.3 Å². The molecule has 0 unspecified atom stereocenters. The number of alkyl halides is 3. The van der Waals surface area contributed by atoms with E-state index in [1.165, 1.54) is 0 Å². The van der Waals surface area contributed by atoms with Crippen molar-refractivity contribution in [2.24, 2.45) is 4.99 Å². The maximum Gasteiger partial charge on any atom is 0.411 e. The van der Waals surface area contributed by atoms with Crippen molar-refractivity contribution in [1.29, 1.82) is 0 Å². The van der Waals surface area contributed by atoms with E-state index in [4.69, 9.17) is 0 Å². The van der Waals surface area contributed by atoms with Crippen LogP contribution in [0.3, 0.4) is 0 Å². The third kappa shape index (κ3) is 7.52. The maximum absolute atomic E-state index is 12.1. The zero-order valence-electron chi connectivity index (χ0n) is 14.4. The number of guanidine groups is 1. The summed E-state index contributed by atoms with van der Waals surface area (Å²) in [5.41, 5.74) is 2.49. The number of hydrogen-bond donors (Lipinski definition) is 2. The molecule has 5 nitrogen and oxygen atoms in total. The van der Waals surface area contributed by atoms with Crippen LogP contribution < -0.4 is 10.6 Å². The molecule has 1 aromatic heterocycles. The predicted octanol–water partition coefficient (Wildman–Crippen LogP) is 3.03. The second-order valence-corrected chi connectivity index (χ2v) is 5.53. The summed E-state index contributed by atoms with van der Waals surface area (Å²) in [6, 6.07) is 12.9. The second kappa shape index (κ2) is 9.76. The lowest BCUT2D eigenvalue weighted by atomic mass is 10.1. The average molecular weight is 366 g/mol. The summed E-state index contributed by atoms with van der Waals surface area (Å²) in [4.78, 5) is 8.36. The summed E-state index contributed by atoms with van der Waals surface area (Å²) in [6.07, 6.45) is -2.59. The van der Waals surface area contributed by atoms with Crippen molar-refractivity contribution in [3.05, 3.63) is 65.5 Å². The van der Waals surface area contributed by atoms with Gasteiger partial charge in [0.05, 0.1) is 18.8 Å². The summed E-state index contributed by atoms with van der Waals surface area (Å²) >= 11 is 0. The molecule has 0 radical (unpaired) electrons. The monoisotopic (exact) mass is 366 g/mol. The summed E-state index contributed by atoms with van der Waals surface area (Å²) in [6.45, 7) is -0.319. The average Bonchev–Trinajstić information content (AvgIpc) is 2.62. The van der Waals surface area contributed by atoms with E-state index in [1.54, 1.807) is 31.4 Å². The Morgan fingerprint density at radius 3 is 2.54 bits per heavy atom. The number of rotatable bonds is 7. The lowest BCUT2D eigenvalue weighted by Crippen LogP contribution is -2.36. The first-order valence-corrected chi connectivity index (χ1v) is 8.03. The largest absolute Gasteiger partial charge is 0.411 e. The van der Waals surface area contributed by atoms with E-state index in [0.717, 1.165) is 11.3 Å². The van der Waals surface area contributed by atoms with Crippen LogP contribution in [-0.4, -0.2) is 30.8 Å². The Morgan fingerprint density at radius 2 is 1.85 bits per heavy atom. The van der Waals surface area contributed by atoms with Crippen molar-refractivity contribution >= 4 is 5.96 Å². The van der Waals surface area contributed by atoms with Crippen LogP contribution >= 0.6 is 0 Å². The van der Waals surface area contributed by atoms with E-state index in [-0.39, 0.29) is 6.61 Å². The first kappa shape index (κ1) is 19.7. The van der Waals surface area contributed by atoms with Gasteiger partial charge in [0.25, 0.3) is 0 Å². The number of aliphatic imine (C=N–C) groups is 1. The number of aromatic nitrogens is 1. The standard InChI is InChI=1S/C18H21F3N4O/c1-22-17(25-11-16-7-2-3-8-23-16)24-10-14-5-4-6-15(9-14)12-26-13-18(19,20)21/h2-9H,10-13H2,1H3,(H2,22,24,25). The van der Waals surface area contributed by atoms with Crippen LogP contribution in [0.5, 0.6) is 0 Å². The van der Waals surface area contributed by atoms with Gasteiger partial charge in [-0.2, -0.15) is 13.2 Å². The van der Waals surface area contributed by atoms with E-state index in [2.05, 4.69) is 25.3 Å². The molecule has 2 rings (SSSR count). The molecular weight excluding hydrogens is 345 g/mol. The van der Waals surface area contributed by atoms with Crippen LogP contribution in [0, 0.1) is 0 Å². The van der Waals surface area contributed by atoms with Crippen LogP contribution in [0.4, 0.5) is 13.2 Å². The highest BCUT2D eigenvalue weighted by molar-refractivity contribution is 5.79. The molecule has 0 aliphatic carbocycles. The molecule has 0 amide bonds. The molecule has 0 saturated heterocycles. The number of nitrogens with one attached hydrogen (secondary N) is 2. The topological polar surface area (TPSA) is 58.5 Å². The fraction of sp³-hybridized carbons (Fsp3) is 0.333. The molecule has 2 aromatic rings. The highest BCUT2D eigenvalue weighted by atomic mass is 19.4. The fourth-order valence-electron chi connectivity index (χ4n) is 2.20. The Morgan fingerprint density at radius 1 is 1.08 bits per heavy atom. The normalized spacial score (nSPS) is 12.1. The van der Waals surface area contributed by atoms with Crippen LogP contribution in [0.1, 0.15) is 16.8 Å². The molecule has 1 aromatic carbocycles. The Hall–Kier alpha value is -2.61. The quantitative estimate of drug-likeness (QED) is 0.584. The van der Waals surface area contributed by atoms with E-state index in [9.17, 15) is 13.2 Å². The zero-order valence-corrected chi connectivity index (χ0v) is 14.4. The van der Waals surface area contributed by atoms with Crippen LogP contribution in [0.15, 0.2) is 53.7 Å². The Balaban J connectivity index is 1.81. The minimum atomic E-state index is -4.31. The molecule has 0 aliphatic heterocycles. The van der Waals surface area contributed by atoms with Gasteiger partial charge in [0, 0.05) is 19.8 Å².